The third kappa shape index (κ3) is 4.20. The Hall–Kier alpha value is -2.07. The molecule has 3 nitrogen and oxygen atoms in total. The molecule has 0 saturated carbocycles. The molecule has 0 atom stereocenters. The van der Waals surface area contributed by atoms with Crippen molar-refractivity contribution in [2.75, 3.05) is 17.2 Å². The van der Waals surface area contributed by atoms with Crippen molar-refractivity contribution in [3.63, 3.8) is 0 Å². The number of carbonyl (C=O) groups is 1. The number of halogens is 2. The Bertz CT molecular complexity index is 646. The summed E-state index contributed by atoms with van der Waals surface area (Å²) in [4.78, 5) is 11.9. The first kappa shape index (κ1) is 15.3. The lowest BCUT2D eigenvalue weighted by molar-refractivity contribution is -0.115. The number of anilines is 2. The molecule has 0 unspecified atom stereocenters. The first-order valence-electron chi connectivity index (χ1n) is 6.61. The molecule has 0 bridgehead atoms. The zero-order valence-electron chi connectivity index (χ0n) is 11.6. The molecule has 0 spiro atoms. The number of hydrogen-bond donors (Lipinski definition) is 2. The first-order valence-corrected chi connectivity index (χ1v) is 6.99. The van der Waals surface area contributed by atoms with Gasteiger partial charge in [-0.15, -0.1) is 0 Å². The van der Waals surface area contributed by atoms with Gasteiger partial charge >= 0.3 is 0 Å². The minimum atomic E-state index is -0.330. The highest BCUT2D eigenvalue weighted by atomic mass is 35.5. The van der Waals surface area contributed by atoms with Crippen molar-refractivity contribution in [3.8, 4) is 0 Å². The molecule has 2 N–H and O–H groups in total. The first-order chi connectivity index (χ1) is 10.1. The van der Waals surface area contributed by atoms with Crippen LogP contribution in [0.15, 0.2) is 42.5 Å². The van der Waals surface area contributed by atoms with Crippen LogP contribution in [0.4, 0.5) is 15.8 Å². The normalized spacial score (nSPS) is 10.2. The average Bonchev–Trinajstić information content (AvgIpc) is 2.46. The Balaban J connectivity index is 1.85. The lowest BCUT2D eigenvalue weighted by Crippen LogP contribution is -2.17. The average molecular weight is 307 g/mol. The van der Waals surface area contributed by atoms with Gasteiger partial charge in [0.25, 0.3) is 0 Å². The van der Waals surface area contributed by atoms with Crippen molar-refractivity contribution in [1.82, 2.24) is 0 Å². The van der Waals surface area contributed by atoms with Gasteiger partial charge in [-0.2, -0.15) is 0 Å². The van der Waals surface area contributed by atoms with Crippen LogP contribution < -0.4 is 10.6 Å². The lowest BCUT2D eigenvalue weighted by atomic mass is 10.2. The van der Waals surface area contributed by atoms with E-state index in [1.807, 2.05) is 6.92 Å². The Kier molecular flexibility index (Phi) is 5.17. The van der Waals surface area contributed by atoms with Gasteiger partial charge in [-0.3, -0.25) is 4.79 Å². The molecule has 2 rings (SSSR count). The van der Waals surface area contributed by atoms with Gasteiger partial charge in [-0.1, -0.05) is 29.8 Å². The number of carbonyl (C=O) groups excluding carboxylic acids is 1. The SMILES string of the molecule is Cc1c(Cl)cccc1NC(=O)CCNc1ccccc1F. The van der Waals surface area contributed by atoms with E-state index in [1.54, 1.807) is 36.4 Å². The van der Waals surface area contributed by atoms with Crippen molar-refractivity contribution in [3.05, 3.63) is 58.9 Å². The van der Waals surface area contributed by atoms with E-state index in [-0.39, 0.29) is 18.1 Å². The molecule has 21 heavy (non-hydrogen) atoms. The second kappa shape index (κ2) is 7.09. The Morgan fingerprint density at radius 3 is 2.62 bits per heavy atom. The number of benzene rings is 2. The summed E-state index contributed by atoms with van der Waals surface area (Å²) < 4.78 is 13.4. The van der Waals surface area contributed by atoms with E-state index in [0.29, 0.717) is 22.9 Å². The molecule has 0 heterocycles. The molecule has 0 radical (unpaired) electrons. The Morgan fingerprint density at radius 2 is 1.86 bits per heavy atom. The molecule has 110 valence electrons. The highest BCUT2D eigenvalue weighted by Crippen LogP contribution is 2.23. The monoisotopic (exact) mass is 306 g/mol. The topological polar surface area (TPSA) is 41.1 Å². The summed E-state index contributed by atoms with van der Waals surface area (Å²) in [5.41, 5.74) is 1.91. The summed E-state index contributed by atoms with van der Waals surface area (Å²) in [5, 5.41) is 6.30. The van der Waals surface area contributed by atoms with Crippen molar-refractivity contribution in [2.24, 2.45) is 0 Å². The number of rotatable bonds is 5. The molecular weight excluding hydrogens is 291 g/mol. The van der Waals surface area contributed by atoms with Gasteiger partial charge in [0, 0.05) is 23.7 Å². The lowest BCUT2D eigenvalue weighted by Gasteiger charge is -2.10. The van der Waals surface area contributed by atoms with Gasteiger partial charge in [0.05, 0.1) is 5.69 Å². The van der Waals surface area contributed by atoms with Gasteiger partial charge in [0.1, 0.15) is 5.82 Å². The van der Waals surface area contributed by atoms with Gasteiger partial charge in [0.2, 0.25) is 5.91 Å². The van der Waals surface area contributed by atoms with Crippen molar-refractivity contribution in [2.45, 2.75) is 13.3 Å². The smallest absolute Gasteiger partial charge is 0.226 e. The molecule has 0 aliphatic carbocycles. The predicted octanol–water partition coefficient (Wildman–Crippen LogP) is 4.23. The van der Waals surface area contributed by atoms with E-state index in [2.05, 4.69) is 10.6 Å². The third-order valence-corrected chi connectivity index (χ3v) is 3.49. The third-order valence-electron chi connectivity index (χ3n) is 3.08. The standard InChI is InChI=1S/C16H16ClFN2O/c1-11-12(17)5-4-8-14(11)20-16(21)9-10-19-15-7-3-2-6-13(15)18/h2-8,19H,9-10H2,1H3,(H,20,21). The molecule has 5 heteroatoms. The summed E-state index contributed by atoms with van der Waals surface area (Å²) in [7, 11) is 0. The number of para-hydroxylation sites is 1. The van der Waals surface area contributed by atoms with E-state index in [1.165, 1.54) is 6.07 Å². The second-order valence-corrected chi connectivity index (χ2v) is 5.02. The van der Waals surface area contributed by atoms with Crippen LogP contribution in [0.2, 0.25) is 5.02 Å². The van der Waals surface area contributed by atoms with Crippen LogP contribution in [-0.4, -0.2) is 12.5 Å². The Morgan fingerprint density at radius 1 is 1.14 bits per heavy atom. The highest BCUT2D eigenvalue weighted by molar-refractivity contribution is 6.31. The summed E-state index contributed by atoms with van der Waals surface area (Å²) >= 11 is 5.99. The van der Waals surface area contributed by atoms with Crippen LogP contribution in [0.1, 0.15) is 12.0 Å². The fourth-order valence-electron chi connectivity index (χ4n) is 1.87. The molecule has 1 amide bonds. The van der Waals surface area contributed by atoms with E-state index >= 15 is 0 Å². The molecule has 2 aromatic rings. The quantitative estimate of drug-likeness (QED) is 0.868. The van der Waals surface area contributed by atoms with Crippen LogP contribution in [0.5, 0.6) is 0 Å². The van der Waals surface area contributed by atoms with Crippen LogP contribution in [0.3, 0.4) is 0 Å². The molecular formula is C16H16ClFN2O. The maximum absolute atomic E-state index is 13.4. The van der Waals surface area contributed by atoms with Gasteiger partial charge in [-0.05, 0) is 36.8 Å². The zero-order chi connectivity index (χ0) is 15.2. The van der Waals surface area contributed by atoms with Crippen LogP contribution in [0.25, 0.3) is 0 Å². The van der Waals surface area contributed by atoms with Crippen LogP contribution in [-0.2, 0) is 4.79 Å². The van der Waals surface area contributed by atoms with Gasteiger partial charge < -0.3 is 10.6 Å². The van der Waals surface area contributed by atoms with E-state index in [9.17, 15) is 9.18 Å². The van der Waals surface area contributed by atoms with Crippen molar-refractivity contribution >= 4 is 28.9 Å². The fraction of sp³-hybridized carbons (Fsp3) is 0.188. The highest BCUT2D eigenvalue weighted by Gasteiger charge is 2.07. The van der Waals surface area contributed by atoms with Crippen LogP contribution in [0, 0.1) is 12.7 Å². The molecule has 2 aromatic carbocycles. The zero-order valence-corrected chi connectivity index (χ0v) is 12.4. The summed E-state index contributed by atoms with van der Waals surface area (Å²) in [5.74, 6) is -0.479. The molecule has 0 aliphatic rings. The van der Waals surface area contributed by atoms with E-state index in [4.69, 9.17) is 11.6 Å². The van der Waals surface area contributed by atoms with Crippen molar-refractivity contribution < 1.29 is 9.18 Å². The van der Waals surface area contributed by atoms with E-state index in [0.717, 1.165) is 5.56 Å². The van der Waals surface area contributed by atoms with E-state index < -0.39 is 0 Å². The summed E-state index contributed by atoms with van der Waals surface area (Å²) in [6, 6.07) is 11.7. The maximum Gasteiger partial charge on any atom is 0.226 e. The summed E-state index contributed by atoms with van der Waals surface area (Å²) in [6.45, 7) is 2.20. The fourth-order valence-corrected chi connectivity index (χ4v) is 2.05. The molecule has 0 fully saturated rings. The van der Waals surface area contributed by atoms with Gasteiger partial charge in [-0.25, -0.2) is 4.39 Å². The Labute approximate surface area is 128 Å². The largest absolute Gasteiger partial charge is 0.382 e. The van der Waals surface area contributed by atoms with Crippen molar-refractivity contribution in [1.29, 1.82) is 0 Å². The number of amides is 1. The maximum atomic E-state index is 13.4. The predicted molar refractivity (Wildman–Crippen MR) is 84.3 cm³/mol. The molecule has 0 aromatic heterocycles. The number of nitrogens with one attached hydrogen (secondary N) is 2. The van der Waals surface area contributed by atoms with Gasteiger partial charge in [0.15, 0.2) is 0 Å². The number of hydrogen-bond acceptors (Lipinski definition) is 2. The molecule has 0 saturated heterocycles. The minimum Gasteiger partial charge on any atom is -0.382 e. The second-order valence-electron chi connectivity index (χ2n) is 4.62. The molecule has 0 aliphatic heterocycles. The minimum absolute atomic E-state index is 0.149. The summed E-state index contributed by atoms with van der Waals surface area (Å²) in [6.07, 6.45) is 0.236. The van der Waals surface area contributed by atoms with Crippen LogP contribution >= 0.6 is 11.6 Å².